The van der Waals surface area contributed by atoms with E-state index in [-0.39, 0.29) is 5.82 Å². The van der Waals surface area contributed by atoms with Gasteiger partial charge in [0, 0.05) is 16.9 Å². The summed E-state index contributed by atoms with van der Waals surface area (Å²) in [4.78, 5) is 0. The minimum atomic E-state index is -0.604. The van der Waals surface area contributed by atoms with E-state index in [0.29, 0.717) is 11.4 Å². The molecule has 20 heavy (non-hydrogen) atoms. The first kappa shape index (κ1) is 15.0. The van der Waals surface area contributed by atoms with Crippen molar-refractivity contribution < 1.29 is 9.50 Å². The van der Waals surface area contributed by atoms with E-state index in [1.165, 1.54) is 12.1 Å². The normalized spacial score (nSPS) is 13.2. The van der Waals surface area contributed by atoms with E-state index in [4.69, 9.17) is 11.6 Å². The number of aliphatic hydroxyl groups excluding tert-OH is 1. The number of aliphatic hydroxyl groups is 1. The molecule has 0 bridgehead atoms. The molecule has 0 saturated carbocycles. The van der Waals surface area contributed by atoms with E-state index >= 15 is 0 Å². The highest BCUT2D eigenvalue weighted by molar-refractivity contribution is 6.31. The van der Waals surface area contributed by atoms with E-state index in [9.17, 15) is 9.50 Å². The topological polar surface area (TPSA) is 20.2 Å². The Labute approximate surface area is 124 Å². The fourth-order valence-corrected chi connectivity index (χ4v) is 2.46. The first-order chi connectivity index (χ1) is 9.41. The fourth-order valence-electron chi connectivity index (χ4n) is 2.21. The van der Waals surface area contributed by atoms with Gasteiger partial charge < -0.3 is 5.11 Å². The predicted octanol–water partition coefficient (Wildman–Crippen LogP) is 4.36. The molecular weight excluding hydrogens is 275 g/mol. The third-order valence-electron chi connectivity index (χ3n) is 3.78. The summed E-state index contributed by atoms with van der Waals surface area (Å²) in [6.07, 6.45) is -0.214. The zero-order valence-electron chi connectivity index (χ0n) is 11.6. The molecule has 0 aromatic heterocycles. The summed E-state index contributed by atoms with van der Waals surface area (Å²) in [5.41, 5.74) is 1.41. The molecule has 1 nitrogen and oxygen atoms in total. The van der Waals surface area contributed by atoms with Crippen LogP contribution in [-0.2, 0) is 11.8 Å². The van der Waals surface area contributed by atoms with Gasteiger partial charge in [0.05, 0.1) is 6.10 Å². The van der Waals surface area contributed by atoms with E-state index in [2.05, 4.69) is 0 Å². The number of halogens is 2. The van der Waals surface area contributed by atoms with Crippen molar-refractivity contribution >= 4 is 11.6 Å². The van der Waals surface area contributed by atoms with Gasteiger partial charge in [-0.2, -0.15) is 0 Å². The number of rotatable bonds is 4. The predicted molar refractivity (Wildman–Crippen MR) is 80.6 cm³/mol. The molecule has 0 fully saturated rings. The van der Waals surface area contributed by atoms with Crippen LogP contribution in [0.25, 0.3) is 0 Å². The average molecular weight is 293 g/mol. The third-order valence-corrected chi connectivity index (χ3v) is 4.13. The molecular formula is C17H18ClFO. The van der Waals surface area contributed by atoms with Crippen molar-refractivity contribution in [3.8, 4) is 0 Å². The standard InChI is InChI=1S/C17H18ClFO/c1-17(2,13-6-4-3-5-7-13)16(20)10-12-8-9-14(19)11-15(12)18/h3-9,11,16,20H,10H2,1-2H3. The van der Waals surface area contributed by atoms with Crippen LogP contribution in [0.3, 0.4) is 0 Å². The Morgan fingerprint density at radius 3 is 2.40 bits per heavy atom. The molecule has 0 radical (unpaired) electrons. The monoisotopic (exact) mass is 292 g/mol. The summed E-state index contributed by atoms with van der Waals surface area (Å²) in [7, 11) is 0. The minimum Gasteiger partial charge on any atom is -0.392 e. The Morgan fingerprint density at radius 2 is 1.80 bits per heavy atom. The van der Waals surface area contributed by atoms with Crippen LogP contribution in [0, 0.1) is 5.82 Å². The SMILES string of the molecule is CC(C)(c1ccccc1)C(O)Cc1ccc(F)cc1Cl. The van der Waals surface area contributed by atoms with Crippen LogP contribution in [0.1, 0.15) is 25.0 Å². The summed E-state index contributed by atoms with van der Waals surface area (Å²) in [5, 5.41) is 10.9. The van der Waals surface area contributed by atoms with E-state index in [0.717, 1.165) is 11.1 Å². The molecule has 0 aliphatic rings. The molecule has 0 aliphatic heterocycles. The molecule has 1 unspecified atom stereocenters. The largest absolute Gasteiger partial charge is 0.392 e. The molecule has 106 valence electrons. The zero-order chi connectivity index (χ0) is 14.8. The molecule has 2 rings (SSSR count). The van der Waals surface area contributed by atoms with Gasteiger partial charge in [0.25, 0.3) is 0 Å². The van der Waals surface area contributed by atoms with Crippen LogP contribution in [0.5, 0.6) is 0 Å². The van der Waals surface area contributed by atoms with Gasteiger partial charge >= 0.3 is 0 Å². The van der Waals surface area contributed by atoms with Crippen molar-refractivity contribution in [2.24, 2.45) is 0 Å². The second-order valence-corrected chi connectivity index (χ2v) is 5.95. The first-order valence-corrected chi connectivity index (χ1v) is 6.96. The summed E-state index contributed by atoms with van der Waals surface area (Å²) in [6, 6.07) is 14.1. The lowest BCUT2D eigenvalue weighted by atomic mass is 9.77. The van der Waals surface area contributed by atoms with Gasteiger partial charge in [-0.1, -0.05) is 61.8 Å². The zero-order valence-corrected chi connectivity index (χ0v) is 12.4. The summed E-state index contributed by atoms with van der Waals surface area (Å²) >= 11 is 6.02. The first-order valence-electron chi connectivity index (χ1n) is 6.59. The van der Waals surface area contributed by atoms with Gasteiger partial charge in [0.15, 0.2) is 0 Å². The second kappa shape index (κ2) is 5.94. The van der Waals surface area contributed by atoms with Crippen LogP contribution in [0.15, 0.2) is 48.5 Å². The van der Waals surface area contributed by atoms with E-state index < -0.39 is 11.5 Å². The maximum Gasteiger partial charge on any atom is 0.124 e. The van der Waals surface area contributed by atoms with Crippen LogP contribution in [0.2, 0.25) is 5.02 Å². The highest BCUT2D eigenvalue weighted by atomic mass is 35.5. The van der Waals surface area contributed by atoms with Gasteiger partial charge in [-0.3, -0.25) is 0 Å². The maximum atomic E-state index is 13.0. The van der Waals surface area contributed by atoms with Crippen LogP contribution in [0.4, 0.5) is 4.39 Å². The fraction of sp³-hybridized carbons (Fsp3) is 0.294. The van der Waals surface area contributed by atoms with Gasteiger partial charge in [0.2, 0.25) is 0 Å². The van der Waals surface area contributed by atoms with Gasteiger partial charge in [0.1, 0.15) is 5.82 Å². The van der Waals surface area contributed by atoms with Crippen molar-refractivity contribution in [2.45, 2.75) is 31.8 Å². The Hall–Kier alpha value is -1.38. The third kappa shape index (κ3) is 3.20. The number of hydrogen-bond donors (Lipinski definition) is 1. The average Bonchev–Trinajstić information content (AvgIpc) is 2.42. The molecule has 3 heteroatoms. The highest BCUT2D eigenvalue weighted by Gasteiger charge is 2.30. The van der Waals surface area contributed by atoms with Crippen LogP contribution in [-0.4, -0.2) is 11.2 Å². The Morgan fingerprint density at radius 1 is 1.15 bits per heavy atom. The number of benzene rings is 2. The second-order valence-electron chi connectivity index (χ2n) is 5.54. The Balaban J connectivity index is 2.21. The molecule has 1 atom stereocenters. The molecule has 0 aliphatic carbocycles. The lowest BCUT2D eigenvalue weighted by Gasteiger charge is -2.31. The molecule has 0 amide bonds. The Kier molecular flexibility index (Phi) is 4.46. The summed E-state index contributed by atoms with van der Waals surface area (Å²) in [5.74, 6) is -0.365. The quantitative estimate of drug-likeness (QED) is 0.888. The van der Waals surface area contributed by atoms with Crippen molar-refractivity contribution in [1.29, 1.82) is 0 Å². The molecule has 2 aromatic rings. The molecule has 1 N–H and O–H groups in total. The van der Waals surface area contributed by atoms with Crippen molar-refractivity contribution in [2.75, 3.05) is 0 Å². The van der Waals surface area contributed by atoms with E-state index in [1.54, 1.807) is 6.07 Å². The van der Waals surface area contributed by atoms with Crippen LogP contribution < -0.4 is 0 Å². The Bertz CT molecular complexity index is 581. The molecule has 2 aromatic carbocycles. The van der Waals surface area contributed by atoms with Crippen molar-refractivity contribution in [3.05, 3.63) is 70.5 Å². The summed E-state index contributed by atoms with van der Waals surface area (Å²) < 4.78 is 13.0. The minimum absolute atomic E-state index is 0.355. The molecule has 0 heterocycles. The van der Waals surface area contributed by atoms with Crippen molar-refractivity contribution in [1.82, 2.24) is 0 Å². The van der Waals surface area contributed by atoms with Gasteiger partial charge in [-0.05, 0) is 23.3 Å². The summed E-state index contributed by atoms with van der Waals surface area (Å²) in [6.45, 7) is 3.98. The van der Waals surface area contributed by atoms with Crippen LogP contribution >= 0.6 is 11.6 Å². The van der Waals surface area contributed by atoms with E-state index in [1.807, 2.05) is 44.2 Å². The van der Waals surface area contributed by atoms with Gasteiger partial charge in [-0.25, -0.2) is 4.39 Å². The highest BCUT2D eigenvalue weighted by Crippen LogP contribution is 2.30. The smallest absolute Gasteiger partial charge is 0.124 e. The lowest BCUT2D eigenvalue weighted by Crippen LogP contribution is -2.35. The maximum absolute atomic E-state index is 13.0. The van der Waals surface area contributed by atoms with Crippen molar-refractivity contribution in [3.63, 3.8) is 0 Å². The number of hydrogen-bond acceptors (Lipinski definition) is 1. The van der Waals surface area contributed by atoms with Gasteiger partial charge in [-0.15, -0.1) is 0 Å². The molecule has 0 saturated heterocycles. The molecule has 0 spiro atoms. The lowest BCUT2D eigenvalue weighted by molar-refractivity contribution is 0.1000.